The first kappa shape index (κ1) is 14.1. The average Bonchev–Trinajstić information content (AvgIpc) is 2.93. The third-order valence-corrected chi connectivity index (χ3v) is 4.80. The van der Waals surface area contributed by atoms with Gasteiger partial charge in [0.25, 0.3) is 5.91 Å². The third-order valence-electron chi connectivity index (χ3n) is 3.15. The number of ether oxygens (including phenoxy) is 1. The van der Waals surface area contributed by atoms with Gasteiger partial charge in [-0.3, -0.25) is 4.79 Å². The second-order valence-corrected chi connectivity index (χ2v) is 6.21. The smallest absolute Gasteiger partial charge is 0.257 e. The highest BCUT2D eigenvalue weighted by molar-refractivity contribution is 9.10. The molecular weight excluding hydrogens is 350 g/mol. The van der Waals surface area contributed by atoms with Crippen LogP contribution in [-0.4, -0.2) is 13.0 Å². The maximum absolute atomic E-state index is 12.5. The minimum Gasteiger partial charge on any atom is -0.497 e. The number of nitrogens with one attached hydrogen (secondary N) is 1. The van der Waals surface area contributed by atoms with Crippen molar-refractivity contribution in [2.75, 3.05) is 12.4 Å². The molecular formula is C16H12BrNO2S. The summed E-state index contributed by atoms with van der Waals surface area (Å²) in [6.07, 6.45) is 0. The molecule has 1 amide bonds. The van der Waals surface area contributed by atoms with Crippen molar-refractivity contribution < 1.29 is 9.53 Å². The summed E-state index contributed by atoms with van der Waals surface area (Å²) < 4.78 is 7.10. The van der Waals surface area contributed by atoms with E-state index < -0.39 is 0 Å². The van der Waals surface area contributed by atoms with Gasteiger partial charge in [0.15, 0.2) is 0 Å². The molecule has 0 spiro atoms. The lowest BCUT2D eigenvalue weighted by Gasteiger charge is -2.09. The van der Waals surface area contributed by atoms with Gasteiger partial charge in [-0.25, -0.2) is 0 Å². The van der Waals surface area contributed by atoms with E-state index in [1.165, 1.54) is 0 Å². The van der Waals surface area contributed by atoms with Crippen LogP contribution in [0.4, 0.5) is 5.69 Å². The van der Waals surface area contributed by atoms with E-state index in [9.17, 15) is 4.79 Å². The number of fused-ring (bicyclic) bond motifs is 1. The first-order valence-corrected chi connectivity index (χ1v) is 7.97. The molecule has 1 heterocycles. The number of hydrogen-bond acceptors (Lipinski definition) is 3. The van der Waals surface area contributed by atoms with Crippen molar-refractivity contribution in [1.82, 2.24) is 0 Å². The summed E-state index contributed by atoms with van der Waals surface area (Å²) in [5, 5.41) is 5.77. The summed E-state index contributed by atoms with van der Waals surface area (Å²) in [6, 6.07) is 13.3. The molecule has 5 heteroatoms. The van der Waals surface area contributed by atoms with Gasteiger partial charge in [0.2, 0.25) is 0 Å². The van der Waals surface area contributed by atoms with Crippen molar-refractivity contribution in [2.45, 2.75) is 0 Å². The zero-order valence-corrected chi connectivity index (χ0v) is 13.6. The normalized spacial score (nSPS) is 10.6. The summed E-state index contributed by atoms with van der Waals surface area (Å²) in [6.45, 7) is 0. The number of carbonyl (C=O) groups excluding carboxylic acids is 1. The van der Waals surface area contributed by atoms with Crippen LogP contribution in [0, 0.1) is 0 Å². The zero-order chi connectivity index (χ0) is 14.8. The standard InChI is InChI=1S/C16H12BrNO2S/c1-20-10-6-7-13(17)14(8-10)18-16(19)12-9-21-15-5-3-2-4-11(12)15/h2-9H,1H3,(H,18,19). The number of benzene rings is 2. The molecule has 0 radical (unpaired) electrons. The Balaban J connectivity index is 1.93. The van der Waals surface area contributed by atoms with Gasteiger partial charge in [-0.15, -0.1) is 11.3 Å². The Bertz CT molecular complexity index is 813. The predicted molar refractivity (Wildman–Crippen MR) is 90.5 cm³/mol. The second-order valence-electron chi connectivity index (χ2n) is 4.45. The summed E-state index contributed by atoms with van der Waals surface area (Å²) >= 11 is 5.00. The van der Waals surface area contributed by atoms with Gasteiger partial charge in [-0.05, 0) is 34.1 Å². The molecule has 3 aromatic rings. The first-order chi connectivity index (χ1) is 10.2. The molecule has 0 bridgehead atoms. The molecule has 0 unspecified atom stereocenters. The van der Waals surface area contributed by atoms with Crippen LogP contribution in [0.2, 0.25) is 0 Å². The van der Waals surface area contributed by atoms with Gasteiger partial charge >= 0.3 is 0 Å². The van der Waals surface area contributed by atoms with E-state index in [0.717, 1.165) is 14.6 Å². The molecule has 0 saturated heterocycles. The van der Waals surface area contributed by atoms with Crippen LogP contribution in [0.25, 0.3) is 10.1 Å². The number of anilines is 1. The summed E-state index contributed by atoms with van der Waals surface area (Å²) in [5.41, 5.74) is 1.37. The van der Waals surface area contributed by atoms with Crippen molar-refractivity contribution in [1.29, 1.82) is 0 Å². The van der Waals surface area contributed by atoms with E-state index in [-0.39, 0.29) is 5.91 Å². The van der Waals surface area contributed by atoms with E-state index in [4.69, 9.17) is 4.74 Å². The van der Waals surface area contributed by atoms with Crippen molar-refractivity contribution in [3.8, 4) is 5.75 Å². The molecule has 0 fully saturated rings. The largest absolute Gasteiger partial charge is 0.497 e. The number of halogens is 1. The van der Waals surface area contributed by atoms with Crippen molar-refractivity contribution in [3.63, 3.8) is 0 Å². The predicted octanol–water partition coefficient (Wildman–Crippen LogP) is 4.92. The molecule has 0 aliphatic heterocycles. The minimum atomic E-state index is -0.124. The molecule has 0 atom stereocenters. The first-order valence-electron chi connectivity index (χ1n) is 6.30. The Labute approximate surface area is 134 Å². The topological polar surface area (TPSA) is 38.3 Å². The molecule has 106 valence electrons. The van der Waals surface area contributed by atoms with Crippen LogP contribution in [0.15, 0.2) is 52.3 Å². The lowest BCUT2D eigenvalue weighted by atomic mass is 10.1. The lowest BCUT2D eigenvalue weighted by molar-refractivity contribution is 0.102. The highest BCUT2D eigenvalue weighted by Gasteiger charge is 2.13. The Morgan fingerprint density at radius 2 is 2.05 bits per heavy atom. The van der Waals surface area contributed by atoms with Crippen molar-refractivity contribution >= 4 is 48.9 Å². The third kappa shape index (κ3) is 2.80. The molecule has 1 N–H and O–H groups in total. The number of hydrogen-bond donors (Lipinski definition) is 1. The molecule has 2 aromatic carbocycles. The van der Waals surface area contributed by atoms with Crippen LogP contribution in [0.3, 0.4) is 0 Å². The van der Waals surface area contributed by atoms with Crippen LogP contribution < -0.4 is 10.1 Å². The molecule has 21 heavy (non-hydrogen) atoms. The van der Waals surface area contributed by atoms with E-state index in [1.807, 2.05) is 41.8 Å². The molecule has 1 aromatic heterocycles. The fourth-order valence-corrected chi connectivity index (χ4v) is 3.36. The maximum atomic E-state index is 12.5. The molecule has 0 saturated carbocycles. The van der Waals surface area contributed by atoms with E-state index in [1.54, 1.807) is 24.5 Å². The summed E-state index contributed by atoms with van der Waals surface area (Å²) in [7, 11) is 1.60. The van der Waals surface area contributed by atoms with Crippen LogP contribution in [-0.2, 0) is 0 Å². The maximum Gasteiger partial charge on any atom is 0.257 e. The van der Waals surface area contributed by atoms with Gasteiger partial charge in [0, 0.05) is 26.0 Å². The van der Waals surface area contributed by atoms with Gasteiger partial charge in [0.1, 0.15) is 5.75 Å². The van der Waals surface area contributed by atoms with E-state index in [0.29, 0.717) is 17.0 Å². The van der Waals surface area contributed by atoms with Crippen LogP contribution in [0.5, 0.6) is 5.75 Å². The fourth-order valence-electron chi connectivity index (χ4n) is 2.07. The average molecular weight is 362 g/mol. The Morgan fingerprint density at radius 3 is 2.86 bits per heavy atom. The van der Waals surface area contributed by atoms with Gasteiger partial charge in [0.05, 0.1) is 18.4 Å². The quantitative estimate of drug-likeness (QED) is 0.718. The van der Waals surface area contributed by atoms with E-state index in [2.05, 4.69) is 21.2 Å². The summed E-state index contributed by atoms with van der Waals surface area (Å²) in [4.78, 5) is 12.5. The zero-order valence-electron chi connectivity index (χ0n) is 11.2. The number of carbonyl (C=O) groups is 1. The fraction of sp³-hybridized carbons (Fsp3) is 0.0625. The number of thiophene rings is 1. The van der Waals surface area contributed by atoms with E-state index >= 15 is 0 Å². The van der Waals surface area contributed by atoms with Gasteiger partial charge < -0.3 is 10.1 Å². The molecule has 0 aliphatic rings. The highest BCUT2D eigenvalue weighted by Crippen LogP contribution is 2.30. The Morgan fingerprint density at radius 1 is 1.24 bits per heavy atom. The lowest BCUT2D eigenvalue weighted by Crippen LogP contribution is -2.11. The number of amides is 1. The second kappa shape index (κ2) is 5.87. The number of rotatable bonds is 3. The van der Waals surface area contributed by atoms with Gasteiger partial charge in [-0.1, -0.05) is 18.2 Å². The molecule has 0 aliphatic carbocycles. The van der Waals surface area contributed by atoms with Crippen molar-refractivity contribution in [2.24, 2.45) is 0 Å². The monoisotopic (exact) mass is 361 g/mol. The van der Waals surface area contributed by atoms with Crippen LogP contribution >= 0.6 is 27.3 Å². The summed E-state index contributed by atoms with van der Waals surface area (Å²) in [5.74, 6) is 0.574. The Hall–Kier alpha value is -1.85. The number of methoxy groups -OCH3 is 1. The molecule has 3 rings (SSSR count). The molecule has 3 nitrogen and oxygen atoms in total. The SMILES string of the molecule is COc1ccc(Br)c(NC(=O)c2csc3ccccc23)c1. The Kier molecular flexibility index (Phi) is 3.94. The van der Waals surface area contributed by atoms with Crippen molar-refractivity contribution in [3.05, 3.63) is 57.9 Å². The van der Waals surface area contributed by atoms with Crippen LogP contribution in [0.1, 0.15) is 10.4 Å². The van der Waals surface area contributed by atoms with Gasteiger partial charge in [-0.2, -0.15) is 0 Å². The minimum absolute atomic E-state index is 0.124. The highest BCUT2D eigenvalue weighted by atomic mass is 79.9.